The molecule has 0 saturated heterocycles. The third kappa shape index (κ3) is 37.6. The average molecular weight is 1130 g/mol. The fourth-order valence-corrected chi connectivity index (χ4v) is 10.3. The summed E-state index contributed by atoms with van der Waals surface area (Å²) in [7, 11) is -23.0. The van der Waals surface area contributed by atoms with E-state index in [9.17, 15) is 72.3 Å². The lowest BCUT2D eigenvalue weighted by Crippen LogP contribution is -2.65. The molecule has 22 nitrogen and oxygen atoms in total. The van der Waals surface area contributed by atoms with Gasteiger partial charge in [0.05, 0.1) is 6.61 Å². The van der Waals surface area contributed by atoms with Gasteiger partial charge in [-0.2, -0.15) is 0 Å². The molecule has 3 unspecified atom stereocenters. The van der Waals surface area contributed by atoms with Gasteiger partial charge in [0, 0.05) is 12.8 Å². The molecule has 1 fully saturated rings. The van der Waals surface area contributed by atoms with Crippen molar-refractivity contribution in [2.75, 3.05) is 13.2 Å². The number of aliphatic hydroxyl groups excluding tert-OH is 2. The molecular weight excluding hydrogens is 1040 g/mol. The van der Waals surface area contributed by atoms with E-state index in [4.69, 9.17) is 18.5 Å². The second-order valence-corrected chi connectivity index (χ2v) is 23.0. The highest BCUT2D eigenvalue weighted by molar-refractivity contribution is 7.47. The van der Waals surface area contributed by atoms with Crippen LogP contribution in [0.15, 0.2) is 48.6 Å². The first-order chi connectivity index (χ1) is 34.5. The molecule has 0 heterocycles. The Kier molecular flexibility index (Phi) is 37.6. The molecule has 0 aromatic heterocycles. The number of aliphatic hydroxyl groups is 2. The van der Waals surface area contributed by atoms with Gasteiger partial charge >= 0.3 is 43.2 Å². The van der Waals surface area contributed by atoms with Crippen molar-refractivity contribution in [3.63, 3.8) is 0 Å². The van der Waals surface area contributed by atoms with Crippen LogP contribution in [0.5, 0.6) is 0 Å². The molecule has 0 aromatic carbocycles. The number of phosphoric ester groups is 4. The molecule has 73 heavy (non-hydrogen) atoms. The van der Waals surface area contributed by atoms with E-state index in [-0.39, 0.29) is 12.8 Å². The number of hydrogen-bond donors (Lipinski definition) is 9. The minimum atomic E-state index is -5.80. The topological polar surface area (TPSA) is 349 Å². The van der Waals surface area contributed by atoms with Gasteiger partial charge in [0.15, 0.2) is 6.10 Å². The predicted molar refractivity (Wildman–Crippen MR) is 272 cm³/mol. The van der Waals surface area contributed by atoms with Crippen LogP contribution in [0.3, 0.4) is 0 Å². The maximum absolute atomic E-state index is 13.3. The Hall–Kier alpha value is -1.74. The molecule has 0 aromatic rings. The molecule has 1 aliphatic rings. The monoisotopic (exact) mass is 1130 g/mol. The van der Waals surface area contributed by atoms with E-state index < -0.39 is 99.2 Å². The lowest BCUT2D eigenvalue weighted by molar-refractivity contribution is -0.209. The Morgan fingerprint density at radius 2 is 0.808 bits per heavy atom. The van der Waals surface area contributed by atoms with Gasteiger partial charge in [0.2, 0.25) is 0 Å². The molecule has 426 valence electrons. The van der Waals surface area contributed by atoms with Crippen LogP contribution in [0.4, 0.5) is 0 Å². The zero-order valence-corrected chi connectivity index (χ0v) is 46.2. The van der Waals surface area contributed by atoms with E-state index in [0.29, 0.717) is 25.7 Å². The maximum Gasteiger partial charge on any atom is 0.472 e. The fraction of sp³-hybridized carbons (Fsp3) is 0.787. The van der Waals surface area contributed by atoms with Crippen molar-refractivity contribution in [1.82, 2.24) is 0 Å². The molecule has 0 aliphatic heterocycles. The second kappa shape index (κ2) is 39.6. The number of ether oxygens (including phenoxy) is 2. The Labute approximate surface area is 431 Å². The summed E-state index contributed by atoms with van der Waals surface area (Å²) >= 11 is 0. The summed E-state index contributed by atoms with van der Waals surface area (Å²) < 4.78 is 82.2. The molecule has 1 aliphatic carbocycles. The van der Waals surface area contributed by atoms with E-state index in [1.54, 1.807) is 0 Å². The first kappa shape index (κ1) is 69.3. The zero-order valence-electron chi connectivity index (χ0n) is 42.6. The van der Waals surface area contributed by atoms with Gasteiger partial charge < -0.3 is 53.9 Å². The summed E-state index contributed by atoms with van der Waals surface area (Å²) in [5, 5.41) is 21.9. The lowest BCUT2D eigenvalue weighted by atomic mass is 9.85. The van der Waals surface area contributed by atoms with Gasteiger partial charge in [-0.3, -0.25) is 32.2 Å². The number of hydrogen-bond acceptors (Lipinski definition) is 15. The maximum atomic E-state index is 13.3. The van der Waals surface area contributed by atoms with Crippen LogP contribution >= 0.6 is 31.3 Å². The molecule has 9 N–H and O–H groups in total. The first-order valence-corrected chi connectivity index (χ1v) is 31.8. The molecular formula is C47H86O22P4. The molecule has 0 amide bonds. The minimum Gasteiger partial charge on any atom is -0.462 e. The molecule has 0 bridgehead atoms. The van der Waals surface area contributed by atoms with Gasteiger partial charge in [-0.1, -0.05) is 165 Å². The van der Waals surface area contributed by atoms with E-state index >= 15 is 0 Å². The Morgan fingerprint density at radius 3 is 1.25 bits per heavy atom. The largest absolute Gasteiger partial charge is 0.472 e. The van der Waals surface area contributed by atoms with Crippen LogP contribution in [0.1, 0.15) is 181 Å². The highest BCUT2D eigenvalue weighted by Gasteiger charge is 2.59. The number of esters is 2. The SMILES string of the molecule is CCCCC/C=C/C/C=C/C/C=C/C/C=C/CCCC(=O)O[C@H](COC(=O)CCCCCCCCCCCCCCCCC)COP(=O)(O)OC1[C@H](O)[C@H](OP(=O)(O)O)C(OP(=O)(O)O)[C@H](OP(=O)(O)O)[C@H]1O. The van der Waals surface area contributed by atoms with E-state index in [1.165, 1.54) is 77.0 Å². The van der Waals surface area contributed by atoms with Crippen molar-refractivity contribution in [3.8, 4) is 0 Å². The number of carbonyl (C=O) groups is 2. The number of allylic oxidation sites excluding steroid dienone is 8. The number of carbonyl (C=O) groups excluding carboxylic acids is 2. The molecule has 8 atom stereocenters. The number of phosphoric acid groups is 4. The summed E-state index contributed by atoms with van der Waals surface area (Å²) in [5.41, 5.74) is 0. The van der Waals surface area contributed by atoms with Crippen LogP contribution in [0.25, 0.3) is 0 Å². The summed E-state index contributed by atoms with van der Waals surface area (Å²) in [6.07, 6.45) is 23.2. The highest BCUT2D eigenvalue weighted by Crippen LogP contribution is 2.53. The molecule has 1 rings (SSSR count). The van der Waals surface area contributed by atoms with Crippen LogP contribution in [0.2, 0.25) is 0 Å². The van der Waals surface area contributed by atoms with Crippen LogP contribution in [-0.2, 0) is 59.9 Å². The van der Waals surface area contributed by atoms with E-state index in [2.05, 4.69) is 51.7 Å². The third-order valence-corrected chi connectivity index (χ3v) is 13.9. The highest BCUT2D eigenvalue weighted by atomic mass is 31.2. The normalized spacial score (nSPS) is 21.4. The van der Waals surface area contributed by atoms with Gasteiger partial charge in [-0.15, -0.1) is 0 Å². The minimum absolute atomic E-state index is 0.0241. The van der Waals surface area contributed by atoms with Gasteiger partial charge in [0.1, 0.15) is 43.2 Å². The number of rotatable bonds is 44. The van der Waals surface area contributed by atoms with Crippen molar-refractivity contribution in [2.24, 2.45) is 0 Å². The molecule has 0 radical (unpaired) electrons. The van der Waals surface area contributed by atoms with Crippen LogP contribution in [-0.4, -0.2) is 112 Å². The number of unbranched alkanes of at least 4 members (excludes halogenated alkanes) is 18. The Bertz CT molecular complexity index is 1770. The van der Waals surface area contributed by atoms with Crippen molar-refractivity contribution in [3.05, 3.63) is 48.6 Å². The van der Waals surface area contributed by atoms with E-state index in [0.717, 1.165) is 51.4 Å². The van der Waals surface area contributed by atoms with Gasteiger partial charge in [-0.05, 0) is 51.4 Å². The first-order valence-electron chi connectivity index (χ1n) is 25.7. The zero-order chi connectivity index (χ0) is 54.6. The van der Waals surface area contributed by atoms with Gasteiger partial charge in [-0.25, -0.2) is 18.3 Å². The Morgan fingerprint density at radius 1 is 0.438 bits per heavy atom. The van der Waals surface area contributed by atoms with E-state index in [1.807, 2.05) is 24.3 Å². The quantitative estimate of drug-likeness (QED) is 0.0119. The van der Waals surface area contributed by atoms with Crippen molar-refractivity contribution in [2.45, 2.75) is 224 Å². The second-order valence-electron chi connectivity index (χ2n) is 18.0. The van der Waals surface area contributed by atoms with Crippen molar-refractivity contribution < 1.29 is 104 Å². The average Bonchev–Trinajstić information content (AvgIpc) is 3.30. The smallest absolute Gasteiger partial charge is 0.462 e. The summed E-state index contributed by atoms with van der Waals surface area (Å²) in [5.74, 6) is -1.46. The van der Waals surface area contributed by atoms with Crippen LogP contribution in [0, 0.1) is 0 Å². The van der Waals surface area contributed by atoms with Crippen molar-refractivity contribution >= 4 is 43.2 Å². The predicted octanol–water partition coefficient (Wildman–Crippen LogP) is 9.52. The third-order valence-electron chi connectivity index (χ3n) is 11.4. The summed E-state index contributed by atoms with van der Waals surface area (Å²) in [4.78, 5) is 93.0. The standard InChI is InChI=1S/C47H86O22P4/c1-3-5-7-9-11-13-15-17-19-20-22-24-26-28-30-32-34-36-41(49)65-39(37-63-40(48)35-33-31-29-27-25-23-21-18-16-14-12-10-8-6-4-2)38-64-73(61,62)69-44-42(50)45(66-70(52,53)54)47(68-72(58,59)60)46(43(44)51)67-71(55,56)57/h11,13,17,19,22,24,28,30,39,42-47,50-51H,3-10,12,14-16,18,20-21,23,25-27,29,31-38H2,1-2H3,(H,61,62)(H2,52,53,54)(H2,55,56,57)(H2,58,59,60)/b13-11+,19-17+,24-22+,30-28+/t39-,42+,43+,44?,45-,46+,47?/m1/s1. The van der Waals surface area contributed by atoms with Crippen molar-refractivity contribution in [1.29, 1.82) is 0 Å². The fourth-order valence-electron chi connectivity index (χ4n) is 7.66. The molecule has 26 heteroatoms. The Balaban J connectivity index is 2.90. The summed E-state index contributed by atoms with van der Waals surface area (Å²) in [6.45, 7) is 2.70. The molecule has 1 saturated carbocycles. The molecule has 0 spiro atoms. The van der Waals surface area contributed by atoms with Gasteiger partial charge in [0.25, 0.3) is 0 Å². The summed E-state index contributed by atoms with van der Waals surface area (Å²) in [6, 6.07) is 0. The van der Waals surface area contributed by atoms with Crippen LogP contribution < -0.4 is 0 Å². The lowest BCUT2D eigenvalue weighted by Gasteiger charge is -2.45.